The summed E-state index contributed by atoms with van der Waals surface area (Å²) in [7, 11) is 0. The largest absolute Gasteiger partial charge is 0.478 e. The van der Waals surface area contributed by atoms with E-state index in [1.807, 2.05) is 11.8 Å². The molecule has 1 atom stereocenters. The number of carboxylic acid groups (broad SMARTS) is 1. The second-order valence-corrected chi connectivity index (χ2v) is 6.65. The molecular formula is C18H23NO4. The van der Waals surface area contributed by atoms with Crippen LogP contribution in [0, 0.1) is 5.41 Å². The van der Waals surface area contributed by atoms with Gasteiger partial charge in [0.2, 0.25) is 0 Å². The van der Waals surface area contributed by atoms with Gasteiger partial charge in [0, 0.05) is 25.6 Å². The van der Waals surface area contributed by atoms with Crippen molar-refractivity contribution in [2.75, 3.05) is 13.1 Å². The van der Waals surface area contributed by atoms with E-state index >= 15 is 0 Å². The maximum absolute atomic E-state index is 12.8. The molecule has 1 aromatic rings. The van der Waals surface area contributed by atoms with Gasteiger partial charge in [-0.2, -0.15) is 0 Å². The predicted octanol–water partition coefficient (Wildman–Crippen LogP) is 3.50. The molecule has 23 heavy (non-hydrogen) atoms. The van der Waals surface area contributed by atoms with E-state index < -0.39 is 5.97 Å². The minimum absolute atomic E-state index is 0.100. The summed E-state index contributed by atoms with van der Waals surface area (Å²) in [4.78, 5) is 25.8. The first kappa shape index (κ1) is 15.8. The van der Waals surface area contributed by atoms with E-state index in [4.69, 9.17) is 4.42 Å². The third-order valence-corrected chi connectivity index (χ3v) is 5.08. The average molecular weight is 317 g/mol. The van der Waals surface area contributed by atoms with Crippen LogP contribution in [0.1, 0.15) is 65.7 Å². The smallest absolute Gasteiger partial charge is 0.339 e. The molecule has 0 bridgehead atoms. The number of hydrogen-bond acceptors (Lipinski definition) is 3. The van der Waals surface area contributed by atoms with Gasteiger partial charge < -0.3 is 14.4 Å². The molecule has 1 saturated heterocycles. The monoisotopic (exact) mass is 317 g/mol. The quantitative estimate of drug-likeness (QED) is 0.866. The maximum Gasteiger partial charge on any atom is 0.339 e. The van der Waals surface area contributed by atoms with Crippen LogP contribution in [0.3, 0.4) is 0 Å². The fourth-order valence-electron chi connectivity index (χ4n) is 3.83. The van der Waals surface area contributed by atoms with Crippen LogP contribution in [-0.4, -0.2) is 35.0 Å². The number of aryl methyl sites for hydroxylation is 1. The normalized spacial score (nSPS) is 24.1. The van der Waals surface area contributed by atoms with Gasteiger partial charge in [-0.25, -0.2) is 4.79 Å². The average Bonchev–Trinajstić information content (AvgIpc) is 2.99. The Morgan fingerprint density at radius 2 is 2.17 bits per heavy atom. The molecule has 1 fully saturated rings. The Balaban J connectivity index is 1.80. The van der Waals surface area contributed by atoms with Crippen LogP contribution < -0.4 is 0 Å². The Morgan fingerprint density at radius 3 is 2.78 bits per heavy atom. The first-order valence-corrected chi connectivity index (χ1v) is 8.35. The first-order valence-electron chi connectivity index (χ1n) is 8.35. The van der Waals surface area contributed by atoms with Crippen molar-refractivity contribution in [2.24, 2.45) is 5.41 Å². The molecule has 1 N–H and O–H groups in total. The van der Waals surface area contributed by atoms with Crippen LogP contribution in [0.2, 0.25) is 0 Å². The highest BCUT2D eigenvalue weighted by atomic mass is 16.4. The number of likely N-dealkylation sites (tertiary alicyclic amines) is 1. The summed E-state index contributed by atoms with van der Waals surface area (Å²) < 4.78 is 5.53. The lowest BCUT2D eigenvalue weighted by Gasteiger charge is -2.43. The summed E-state index contributed by atoms with van der Waals surface area (Å²) in [6, 6.07) is 1.38. The Kier molecular flexibility index (Phi) is 4.28. The molecule has 0 aromatic carbocycles. The van der Waals surface area contributed by atoms with Gasteiger partial charge in [0.05, 0.1) is 0 Å². The van der Waals surface area contributed by atoms with Crippen molar-refractivity contribution in [1.29, 1.82) is 0 Å². The lowest BCUT2D eigenvalue weighted by atomic mass is 9.71. The van der Waals surface area contributed by atoms with E-state index in [9.17, 15) is 14.7 Å². The number of piperidine rings is 1. The van der Waals surface area contributed by atoms with Crippen LogP contribution in [0.15, 0.2) is 22.6 Å². The van der Waals surface area contributed by atoms with Gasteiger partial charge in [-0.1, -0.05) is 19.1 Å². The number of furan rings is 1. The Morgan fingerprint density at radius 1 is 1.35 bits per heavy atom. The minimum atomic E-state index is -1.04. The van der Waals surface area contributed by atoms with Crippen molar-refractivity contribution >= 4 is 11.9 Å². The van der Waals surface area contributed by atoms with Gasteiger partial charge in [-0.15, -0.1) is 0 Å². The van der Waals surface area contributed by atoms with Gasteiger partial charge in [-0.05, 0) is 37.5 Å². The third kappa shape index (κ3) is 3.05. The molecule has 5 nitrogen and oxygen atoms in total. The molecule has 5 heteroatoms. The van der Waals surface area contributed by atoms with Crippen LogP contribution >= 0.6 is 0 Å². The number of rotatable bonds is 3. The lowest BCUT2D eigenvalue weighted by molar-refractivity contribution is 0.0455. The number of carboxylic acids is 1. The van der Waals surface area contributed by atoms with E-state index in [-0.39, 0.29) is 22.6 Å². The summed E-state index contributed by atoms with van der Waals surface area (Å²) in [6.07, 6.45) is 10.3. The van der Waals surface area contributed by atoms with E-state index in [2.05, 4.69) is 12.2 Å². The predicted molar refractivity (Wildman–Crippen MR) is 85.6 cm³/mol. The van der Waals surface area contributed by atoms with Gasteiger partial charge in [0.25, 0.3) is 5.91 Å². The summed E-state index contributed by atoms with van der Waals surface area (Å²) in [6.45, 7) is 3.28. The second kappa shape index (κ2) is 6.22. The molecular weight excluding hydrogens is 294 g/mol. The molecule has 1 unspecified atom stereocenters. The molecule has 1 spiro atoms. The number of allylic oxidation sites excluding steroid dienone is 2. The summed E-state index contributed by atoms with van der Waals surface area (Å²) >= 11 is 0. The highest BCUT2D eigenvalue weighted by molar-refractivity contribution is 5.96. The Bertz CT molecular complexity index is 645. The first-order chi connectivity index (χ1) is 11.0. The van der Waals surface area contributed by atoms with Crippen LogP contribution in [0.25, 0.3) is 0 Å². The number of amides is 1. The van der Waals surface area contributed by atoms with E-state index in [0.717, 1.165) is 45.2 Å². The molecule has 1 aromatic heterocycles. The van der Waals surface area contributed by atoms with Crippen molar-refractivity contribution < 1.29 is 19.1 Å². The fraction of sp³-hybridized carbons (Fsp3) is 0.556. The molecule has 1 amide bonds. The van der Waals surface area contributed by atoms with Crippen molar-refractivity contribution in [2.45, 2.75) is 45.4 Å². The molecule has 3 rings (SSSR count). The highest BCUT2D eigenvalue weighted by Gasteiger charge is 2.37. The zero-order valence-electron chi connectivity index (χ0n) is 13.5. The Labute approximate surface area is 136 Å². The second-order valence-electron chi connectivity index (χ2n) is 6.65. The minimum Gasteiger partial charge on any atom is -0.478 e. The zero-order chi connectivity index (χ0) is 16.4. The number of carbonyl (C=O) groups excluding carboxylic acids is 1. The van der Waals surface area contributed by atoms with Gasteiger partial charge in [0.15, 0.2) is 5.76 Å². The molecule has 124 valence electrons. The SMILES string of the molecule is CCc1oc(C(=O)N2CCCC3(CC=CCC3)C2)cc1C(=O)O. The van der Waals surface area contributed by atoms with Crippen LogP contribution in [0.5, 0.6) is 0 Å². The molecule has 0 saturated carbocycles. The van der Waals surface area contributed by atoms with Crippen LogP contribution in [0.4, 0.5) is 0 Å². The van der Waals surface area contributed by atoms with Crippen molar-refractivity contribution in [3.63, 3.8) is 0 Å². The van der Waals surface area contributed by atoms with E-state index in [1.54, 1.807) is 0 Å². The summed E-state index contributed by atoms with van der Waals surface area (Å²) in [5.41, 5.74) is 0.293. The summed E-state index contributed by atoms with van der Waals surface area (Å²) in [5, 5.41) is 9.21. The maximum atomic E-state index is 12.8. The fourth-order valence-corrected chi connectivity index (χ4v) is 3.83. The van der Waals surface area contributed by atoms with Gasteiger partial charge >= 0.3 is 5.97 Å². The number of nitrogens with zero attached hydrogens (tertiary/aromatic N) is 1. The highest BCUT2D eigenvalue weighted by Crippen LogP contribution is 2.41. The number of hydrogen-bond donors (Lipinski definition) is 1. The molecule has 1 aliphatic heterocycles. The standard InChI is InChI=1S/C18H23NO4/c1-2-14-13(17(21)22)11-15(23-14)16(20)19-10-6-9-18(12-19)7-4-3-5-8-18/h3-4,11H,2,5-10,12H2,1H3,(H,21,22). The lowest BCUT2D eigenvalue weighted by Crippen LogP contribution is -2.46. The number of carbonyl (C=O) groups is 2. The van der Waals surface area contributed by atoms with Gasteiger partial charge in [0.1, 0.15) is 11.3 Å². The molecule has 0 radical (unpaired) electrons. The van der Waals surface area contributed by atoms with E-state index in [1.165, 1.54) is 6.07 Å². The Hall–Kier alpha value is -2.04. The van der Waals surface area contributed by atoms with Crippen LogP contribution in [-0.2, 0) is 6.42 Å². The van der Waals surface area contributed by atoms with Crippen molar-refractivity contribution in [3.8, 4) is 0 Å². The third-order valence-electron chi connectivity index (χ3n) is 5.08. The van der Waals surface area contributed by atoms with E-state index in [0.29, 0.717) is 12.2 Å². The topological polar surface area (TPSA) is 70.8 Å². The number of aromatic carboxylic acids is 1. The molecule has 2 heterocycles. The van der Waals surface area contributed by atoms with Gasteiger partial charge in [-0.3, -0.25) is 4.79 Å². The zero-order valence-corrected chi connectivity index (χ0v) is 13.5. The van der Waals surface area contributed by atoms with Crippen molar-refractivity contribution in [1.82, 2.24) is 4.90 Å². The molecule has 1 aliphatic carbocycles. The molecule has 2 aliphatic rings. The van der Waals surface area contributed by atoms with Crippen molar-refractivity contribution in [3.05, 3.63) is 35.3 Å². The summed E-state index contributed by atoms with van der Waals surface area (Å²) in [5.74, 6) is -0.700.